The smallest absolute Gasteiger partial charge is 0.395 e. The van der Waals surface area contributed by atoms with Gasteiger partial charge in [-0.3, -0.25) is 4.99 Å². The van der Waals surface area contributed by atoms with Gasteiger partial charge < -0.3 is 13.2 Å². The topological polar surface area (TPSA) is 38.4 Å². The van der Waals surface area contributed by atoms with Crippen LogP contribution in [0.1, 0.15) is 16.7 Å². The molecule has 0 fully saturated rings. The molecule has 0 aliphatic heterocycles. The van der Waals surface area contributed by atoms with Gasteiger partial charge in [0.05, 0.1) is 0 Å². The minimum Gasteiger partial charge on any atom is -0.395 e. The van der Waals surface area contributed by atoms with Crippen molar-refractivity contribution in [3.8, 4) is 0 Å². The Balaban J connectivity index is 0. The first-order valence-corrected chi connectivity index (χ1v) is 5.26. The summed E-state index contributed by atoms with van der Waals surface area (Å²) in [4.78, 5) is 3.86. The minimum atomic E-state index is -4.54. The fourth-order valence-corrected chi connectivity index (χ4v) is 1.44. The third-order valence-corrected chi connectivity index (χ3v) is 2.44. The Hall–Kier alpha value is -0.728. The fourth-order valence-electron chi connectivity index (χ4n) is 1.44. The zero-order valence-electron chi connectivity index (χ0n) is 11.9. The van der Waals surface area contributed by atoms with Crippen molar-refractivity contribution in [2.24, 2.45) is 10.7 Å². The van der Waals surface area contributed by atoms with Gasteiger partial charge in [-0.25, -0.2) is 0 Å². The van der Waals surface area contributed by atoms with E-state index in [4.69, 9.17) is 5.73 Å². The van der Waals surface area contributed by atoms with Crippen molar-refractivity contribution < 1.29 is 44.3 Å². The molecule has 1 rings (SSSR count). The molecule has 6 heteroatoms. The summed E-state index contributed by atoms with van der Waals surface area (Å²) in [6.45, 7) is 3.60. The van der Waals surface area contributed by atoms with E-state index in [2.05, 4.69) is 11.1 Å². The zero-order valence-corrected chi connectivity index (χ0v) is 16.1. The fraction of sp³-hybridized carbons (Fsp3) is 0.286. The number of halogens is 3. The molecule has 0 aromatic heterocycles. The van der Waals surface area contributed by atoms with Crippen LogP contribution in [0.2, 0.25) is 0 Å². The van der Waals surface area contributed by atoms with Gasteiger partial charge in [0.1, 0.15) is 5.70 Å². The van der Waals surface area contributed by atoms with Gasteiger partial charge in [0.25, 0.3) is 0 Å². The third-order valence-electron chi connectivity index (χ3n) is 2.44. The first kappa shape index (κ1) is 21.6. The molecule has 0 bridgehead atoms. The molecule has 0 spiro atoms. The molecule has 0 atom stereocenters. The van der Waals surface area contributed by atoms with Gasteiger partial charge >= 0.3 is 37.3 Å². The van der Waals surface area contributed by atoms with Crippen molar-refractivity contribution >= 4 is 5.71 Å². The summed E-state index contributed by atoms with van der Waals surface area (Å²) in [5, 5.41) is 0. The minimum absolute atomic E-state index is 0. The van der Waals surface area contributed by atoms with E-state index in [1.165, 1.54) is 7.05 Å². The second-order valence-electron chi connectivity index (χ2n) is 3.92. The molecule has 20 heavy (non-hydrogen) atoms. The van der Waals surface area contributed by atoms with Gasteiger partial charge in [-0.15, -0.1) is 11.1 Å². The molecule has 0 radical (unpaired) electrons. The molecular weight excluding hydrogens is 491 g/mol. The van der Waals surface area contributed by atoms with Gasteiger partial charge in [-0.2, -0.15) is 36.9 Å². The molecule has 0 unspecified atom stereocenters. The molecule has 2 nitrogen and oxygen atoms in total. The molecule has 0 saturated heterocycles. The summed E-state index contributed by atoms with van der Waals surface area (Å²) in [6.07, 6.45) is -3.69. The normalized spacial score (nSPS) is 12.5. The van der Waals surface area contributed by atoms with Crippen LogP contribution < -0.4 is 5.73 Å². The largest absolute Gasteiger partial charge is 2.00 e. The molecule has 2 N–H and O–H groups in total. The van der Waals surface area contributed by atoms with E-state index in [9.17, 15) is 13.2 Å². The predicted molar refractivity (Wildman–Crippen MR) is 72.0 cm³/mol. The Bertz CT molecular complexity index is 506. The Morgan fingerprint density at radius 1 is 1.35 bits per heavy atom. The number of alkyl halides is 3. The van der Waals surface area contributed by atoms with Crippen LogP contribution >= 0.6 is 0 Å². The van der Waals surface area contributed by atoms with E-state index in [-0.39, 0.29) is 44.3 Å². The number of allylic oxidation sites excluding steroid dienone is 2. The average molecular weight is 508 g/mol. The first-order chi connectivity index (χ1) is 8.25. The Morgan fingerprint density at radius 3 is 2.35 bits per heavy atom. The Morgan fingerprint density at radius 2 is 1.90 bits per heavy atom. The summed E-state index contributed by atoms with van der Waals surface area (Å²) in [6, 6.07) is 6.42. The van der Waals surface area contributed by atoms with Crippen LogP contribution in [0.25, 0.3) is 0 Å². The van der Waals surface area contributed by atoms with Gasteiger partial charge in [0.2, 0.25) is 0 Å². The van der Waals surface area contributed by atoms with E-state index in [0.717, 1.165) is 17.2 Å². The maximum atomic E-state index is 12.4. The summed E-state index contributed by atoms with van der Waals surface area (Å²) in [5.74, 6) is 0. The van der Waals surface area contributed by atoms with Crippen molar-refractivity contribution in [1.82, 2.24) is 0 Å². The summed E-state index contributed by atoms with van der Waals surface area (Å²) >= 11 is 0. The standard InChI is InChI=1S/C13H14F3N2.CH3.U/c1-8-4-5-9(2)10(6-8)11(18-3)7-12(17)13(14,15)16;;/h5-7H,17H2,1-3H3;1H3;/q2*-1;+2. The van der Waals surface area contributed by atoms with Crippen molar-refractivity contribution in [2.45, 2.75) is 20.0 Å². The van der Waals surface area contributed by atoms with E-state index < -0.39 is 11.9 Å². The number of rotatable bonds is 2. The maximum Gasteiger partial charge on any atom is 2.00 e. The van der Waals surface area contributed by atoms with Crippen LogP contribution in [-0.4, -0.2) is 18.9 Å². The van der Waals surface area contributed by atoms with Crippen LogP contribution in [0.3, 0.4) is 0 Å². The van der Waals surface area contributed by atoms with Crippen molar-refractivity contribution in [1.29, 1.82) is 0 Å². The number of nitrogens with two attached hydrogens (primary N) is 1. The molecular formula is C14H17F3N2U. The van der Waals surface area contributed by atoms with E-state index in [0.29, 0.717) is 5.56 Å². The Kier molecular flexibility index (Phi) is 9.20. The van der Waals surface area contributed by atoms with E-state index in [1.54, 1.807) is 19.1 Å². The number of aryl methyl sites for hydroxylation is 2. The zero-order chi connectivity index (χ0) is 13.9. The van der Waals surface area contributed by atoms with Crippen LogP contribution in [-0.2, 0) is 0 Å². The van der Waals surface area contributed by atoms with Crippen LogP contribution in [0.4, 0.5) is 13.2 Å². The van der Waals surface area contributed by atoms with Crippen molar-refractivity contribution in [3.63, 3.8) is 0 Å². The quantitative estimate of drug-likeness (QED) is 0.483. The SMILES string of the molecule is CN=C(C=C(N)C(F)(F)F)c1cc(C)[c-]cc1C.[CH3-].[U+2]. The Labute approximate surface area is 141 Å². The van der Waals surface area contributed by atoms with Crippen molar-refractivity contribution in [3.05, 3.63) is 54.1 Å². The molecule has 0 heterocycles. The third kappa shape index (κ3) is 5.72. The molecule has 1 aromatic rings. The van der Waals surface area contributed by atoms with Gasteiger partial charge in [0, 0.05) is 12.8 Å². The summed E-state index contributed by atoms with van der Waals surface area (Å²) in [5.41, 5.74) is 6.30. The monoisotopic (exact) mass is 508 g/mol. The first-order valence-electron chi connectivity index (χ1n) is 5.26. The molecule has 108 valence electrons. The second kappa shape index (κ2) is 8.53. The number of hydrogen-bond acceptors (Lipinski definition) is 2. The summed E-state index contributed by atoms with van der Waals surface area (Å²) in [7, 11) is 1.43. The van der Waals surface area contributed by atoms with Crippen LogP contribution in [0.5, 0.6) is 0 Å². The van der Waals surface area contributed by atoms with E-state index in [1.807, 2.05) is 6.92 Å². The molecule has 1 aromatic carbocycles. The molecule has 0 aliphatic carbocycles. The predicted octanol–water partition coefficient (Wildman–Crippen LogP) is 3.38. The van der Waals surface area contributed by atoms with E-state index >= 15 is 0 Å². The van der Waals surface area contributed by atoms with Gasteiger partial charge in [0.15, 0.2) is 0 Å². The summed E-state index contributed by atoms with van der Waals surface area (Å²) < 4.78 is 37.2. The van der Waals surface area contributed by atoms with Crippen LogP contribution in [0.15, 0.2) is 28.9 Å². The van der Waals surface area contributed by atoms with Gasteiger partial charge in [-0.1, -0.05) is 13.8 Å². The average Bonchev–Trinajstić information content (AvgIpc) is 2.28. The van der Waals surface area contributed by atoms with Crippen molar-refractivity contribution in [2.75, 3.05) is 7.05 Å². The molecule has 0 amide bonds. The number of hydrogen-bond donors (Lipinski definition) is 1. The molecule has 0 saturated carbocycles. The van der Waals surface area contributed by atoms with Gasteiger partial charge in [-0.05, 0) is 6.08 Å². The molecule has 0 aliphatic rings. The second-order valence-corrected chi connectivity index (χ2v) is 3.92. The number of benzene rings is 1. The maximum absolute atomic E-state index is 12.4. The number of aliphatic imine (C=N–C) groups is 1. The number of nitrogens with zero attached hydrogens (tertiary/aromatic N) is 1. The van der Waals surface area contributed by atoms with Crippen LogP contribution in [0, 0.1) is 58.5 Å².